The summed E-state index contributed by atoms with van der Waals surface area (Å²) in [6.07, 6.45) is 5.36. The molecule has 1 aromatic rings. The number of nitrogen functional groups attached to an aromatic ring is 1. The van der Waals surface area contributed by atoms with Crippen LogP contribution in [-0.4, -0.2) is 35.2 Å². The molecular weight excluding hydrogens is 244 g/mol. The smallest absolute Gasteiger partial charge is 0.250 e. The molecule has 6 heteroatoms. The molecule has 19 heavy (non-hydrogen) atoms. The minimum absolute atomic E-state index is 0.200. The Labute approximate surface area is 112 Å². The number of hydrogen-bond acceptors (Lipinski definition) is 5. The van der Waals surface area contributed by atoms with Crippen molar-refractivity contribution in [3.8, 4) is 0 Å². The first-order valence-corrected chi connectivity index (χ1v) is 6.56. The maximum absolute atomic E-state index is 11.3. The van der Waals surface area contributed by atoms with E-state index in [0.29, 0.717) is 17.3 Å². The second kappa shape index (κ2) is 5.88. The Bertz CT molecular complexity index is 464. The molecule has 0 aromatic carbocycles. The molecule has 1 fully saturated rings. The van der Waals surface area contributed by atoms with Crippen LogP contribution in [0.2, 0.25) is 0 Å². The molecule has 6 nitrogen and oxygen atoms in total. The molecular formula is C13H20N4O2. The highest BCUT2D eigenvalue weighted by molar-refractivity contribution is 5.98. The highest BCUT2D eigenvalue weighted by Gasteiger charge is 2.25. The largest absolute Gasteiger partial charge is 0.397 e. The van der Waals surface area contributed by atoms with Crippen molar-refractivity contribution in [3.63, 3.8) is 0 Å². The van der Waals surface area contributed by atoms with Crippen molar-refractivity contribution < 1.29 is 9.90 Å². The van der Waals surface area contributed by atoms with Gasteiger partial charge in [-0.2, -0.15) is 0 Å². The zero-order chi connectivity index (χ0) is 13.8. The van der Waals surface area contributed by atoms with Gasteiger partial charge in [0.25, 0.3) is 5.91 Å². The second-order valence-corrected chi connectivity index (χ2v) is 4.85. The molecule has 1 aromatic heterocycles. The van der Waals surface area contributed by atoms with Crippen LogP contribution in [0.5, 0.6) is 0 Å². The lowest BCUT2D eigenvalue weighted by molar-refractivity contribution is 0.100. The number of nitrogens with two attached hydrogens (primary N) is 2. The van der Waals surface area contributed by atoms with E-state index in [-0.39, 0.29) is 6.61 Å². The lowest BCUT2D eigenvalue weighted by Gasteiger charge is -2.26. The number of nitrogens with zero attached hydrogens (tertiary/aromatic N) is 2. The number of hydrogen-bond donors (Lipinski definition) is 3. The Hall–Kier alpha value is -1.82. The van der Waals surface area contributed by atoms with E-state index in [2.05, 4.69) is 9.88 Å². The first-order valence-electron chi connectivity index (χ1n) is 6.56. The number of carbonyl (C=O) groups is 1. The zero-order valence-corrected chi connectivity index (χ0v) is 10.9. The number of aliphatic hydroxyl groups excluding tert-OH is 1. The maximum Gasteiger partial charge on any atom is 0.250 e. The zero-order valence-electron chi connectivity index (χ0n) is 10.9. The number of amides is 1. The average Bonchev–Trinajstić information content (AvgIpc) is 2.85. The average molecular weight is 264 g/mol. The number of pyridine rings is 1. The minimum atomic E-state index is -0.535. The Morgan fingerprint density at radius 2 is 2.37 bits per heavy atom. The van der Waals surface area contributed by atoms with E-state index in [1.54, 1.807) is 6.07 Å². The van der Waals surface area contributed by atoms with Gasteiger partial charge >= 0.3 is 0 Å². The van der Waals surface area contributed by atoms with E-state index in [9.17, 15) is 4.79 Å². The summed E-state index contributed by atoms with van der Waals surface area (Å²) in [5.74, 6) is 0.204. The number of rotatable bonds is 5. The van der Waals surface area contributed by atoms with Gasteiger partial charge in [0, 0.05) is 19.2 Å². The lowest BCUT2D eigenvalue weighted by atomic mass is 10.1. The summed E-state index contributed by atoms with van der Waals surface area (Å²) in [6.45, 7) is 1.11. The SMILES string of the molecule is NC(=O)c1cc(N2CCCC2CCCO)ncc1N. The van der Waals surface area contributed by atoms with Crippen molar-refractivity contribution in [2.45, 2.75) is 31.7 Å². The Kier molecular flexibility index (Phi) is 4.21. The van der Waals surface area contributed by atoms with Gasteiger partial charge in [-0.15, -0.1) is 0 Å². The third kappa shape index (κ3) is 2.96. The van der Waals surface area contributed by atoms with Crippen LogP contribution in [0.4, 0.5) is 11.5 Å². The van der Waals surface area contributed by atoms with E-state index in [1.807, 2.05) is 0 Å². The van der Waals surface area contributed by atoms with Crippen molar-refractivity contribution in [2.24, 2.45) is 5.73 Å². The summed E-state index contributed by atoms with van der Waals surface area (Å²) in [6, 6.07) is 2.03. The molecule has 2 rings (SSSR count). The molecule has 104 valence electrons. The van der Waals surface area contributed by atoms with Gasteiger partial charge in [0.05, 0.1) is 17.4 Å². The molecule has 1 amide bonds. The van der Waals surface area contributed by atoms with Gasteiger partial charge in [-0.25, -0.2) is 4.98 Å². The van der Waals surface area contributed by atoms with Gasteiger partial charge < -0.3 is 21.5 Å². The molecule has 1 aliphatic rings. The fraction of sp³-hybridized carbons (Fsp3) is 0.538. The summed E-state index contributed by atoms with van der Waals surface area (Å²) in [4.78, 5) is 17.8. The van der Waals surface area contributed by atoms with Crippen LogP contribution in [0.25, 0.3) is 0 Å². The van der Waals surface area contributed by atoms with Gasteiger partial charge in [0.15, 0.2) is 0 Å². The summed E-state index contributed by atoms with van der Waals surface area (Å²) >= 11 is 0. The lowest BCUT2D eigenvalue weighted by Crippen LogP contribution is -2.30. The van der Waals surface area contributed by atoms with E-state index in [0.717, 1.165) is 38.0 Å². The molecule has 0 radical (unpaired) electrons. The van der Waals surface area contributed by atoms with E-state index >= 15 is 0 Å². The molecule has 1 unspecified atom stereocenters. The van der Waals surface area contributed by atoms with Crippen LogP contribution in [0.3, 0.4) is 0 Å². The van der Waals surface area contributed by atoms with Gasteiger partial charge in [0.2, 0.25) is 0 Å². The topological polar surface area (TPSA) is 105 Å². The van der Waals surface area contributed by atoms with Crippen molar-refractivity contribution >= 4 is 17.4 Å². The summed E-state index contributed by atoms with van der Waals surface area (Å²) < 4.78 is 0. The highest BCUT2D eigenvalue weighted by Crippen LogP contribution is 2.28. The number of carbonyl (C=O) groups excluding carboxylic acids is 1. The Morgan fingerprint density at radius 3 is 3.05 bits per heavy atom. The third-order valence-corrected chi connectivity index (χ3v) is 3.55. The molecule has 0 spiro atoms. The van der Waals surface area contributed by atoms with Crippen LogP contribution in [0.15, 0.2) is 12.3 Å². The summed E-state index contributed by atoms with van der Waals surface area (Å²) in [5, 5.41) is 8.92. The quantitative estimate of drug-likeness (QED) is 0.718. The van der Waals surface area contributed by atoms with Crippen LogP contribution in [0.1, 0.15) is 36.0 Å². The van der Waals surface area contributed by atoms with Crippen LogP contribution >= 0.6 is 0 Å². The fourth-order valence-corrected chi connectivity index (χ4v) is 2.59. The molecule has 1 atom stereocenters. The minimum Gasteiger partial charge on any atom is -0.397 e. The Morgan fingerprint density at radius 1 is 1.58 bits per heavy atom. The van der Waals surface area contributed by atoms with Crippen molar-refractivity contribution in [3.05, 3.63) is 17.8 Å². The predicted molar refractivity (Wildman–Crippen MR) is 73.9 cm³/mol. The number of aliphatic hydroxyl groups is 1. The predicted octanol–water partition coefficient (Wildman–Crippen LogP) is 0.504. The molecule has 2 heterocycles. The van der Waals surface area contributed by atoms with Gasteiger partial charge in [-0.1, -0.05) is 0 Å². The van der Waals surface area contributed by atoms with E-state index in [4.69, 9.17) is 16.6 Å². The van der Waals surface area contributed by atoms with Crippen LogP contribution in [-0.2, 0) is 0 Å². The van der Waals surface area contributed by atoms with Gasteiger partial charge in [-0.3, -0.25) is 4.79 Å². The molecule has 0 saturated carbocycles. The van der Waals surface area contributed by atoms with Crippen molar-refractivity contribution in [1.29, 1.82) is 0 Å². The first-order chi connectivity index (χ1) is 9.13. The molecule has 0 aliphatic carbocycles. The molecule has 1 saturated heterocycles. The van der Waals surface area contributed by atoms with Crippen molar-refractivity contribution in [2.75, 3.05) is 23.8 Å². The third-order valence-electron chi connectivity index (χ3n) is 3.55. The standard InChI is InChI=1S/C13H20N4O2/c14-11-8-16-12(7-10(11)13(15)19)17-5-1-3-9(17)4-2-6-18/h7-9,18H,1-6,14H2,(H2,15,19). The first kappa shape index (κ1) is 13.6. The van der Waals surface area contributed by atoms with Gasteiger partial charge in [0.1, 0.15) is 5.82 Å². The maximum atomic E-state index is 11.3. The van der Waals surface area contributed by atoms with Crippen LogP contribution in [0, 0.1) is 0 Å². The second-order valence-electron chi connectivity index (χ2n) is 4.85. The van der Waals surface area contributed by atoms with E-state index in [1.165, 1.54) is 6.20 Å². The number of anilines is 2. The monoisotopic (exact) mass is 264 g/mol. The summed E-state index contributed by atoms with van der Waals surface area (Å²) in [5.41, 5.74) is 11.6. The number of primary amides is 1. The molecule has 5 N–H and O–H groups in total. The van der Waals surface area contributed by atoms with Crippen LogP contribution < -0.4 is 16.4 Å². The van der Waals surface area contributed by atoms with Crippen molar-refractivity contribution in [1.82, 2.24) is 4.98 Å². The normalized spacial score (nSPS) is 18.8. The van der Waals surface area contributed by atoms with Gasteiger partial charge in [-0.05, 0) is 31.7 Å². The Balaban J connectivity index is 2.20. The molecule has 0 bridgehead atoms. The number of aromatic nitrogens is 1. The van der Waals surface area contributed by atoms with E-state index < -0.39 is 5.91 Å². The highest BCUT2D eigenvalue weighted by atomic mass is 16.2. The molecule has 1 aliphatic heterocycles. The summed E-state index contributed by atoms with van der Waals surface area (Å²) in [7, 11) is 0. The fourth-order valence-electron chi connectivity index (χ4n) is 2.59.